The van der Waals surface area contributed by atoms with Gasteiger partial charge < -0.3 is 4.74 Å². The maximum atomic E-state index is 6.10. The first kappa shape index (κ1) is 20.3. The maximum absolute atomic E-state index is 6.10. The average molecular weight is 337 g/mol. The Bertz CT molecular complexity index is 254. The Hall–Kier alpha value is -0.0400. The molecule has 2 saturated carbocycles. The van der Waals surface area contributed by atoms with E-state index in [0.717, 1.165) is 24.4 Å². The molecule has 0 atom stereocenters. The van der Waals surface area contributed by atoms with Gasteiger partial charge in [-0.2, -0.15) is 0 Å². The monoisotopic (exact) mass is 336 g/mol. The zero-order valence-electron chi connectivity index (χ0n) is 16.7. The smallest absolute Gasteiger partial charge is 0.0575 e. The van der Waals surface area contributed by atoms with Crippen LogP contribution in [-0.2, 0) is 4.74 Å². The minimum atomic E-state index is 0.591. The van der Waals surface area contributed by atoms with Crippen LogP contribution in [0.2, 0.25) is 0 Å². The average Bonchev–Trinajstić information content (AvgIpc) is 2.64. The van der Waals surface area contributed by atoms with E-state index in [-0.39, 0.29) is 0 Å². The lowest BCUT2D eigenvalue weighted by atomic mass is 9.70. The highest BCUT2D eigenvalue weighted by Gasteiger charge is 2.30. The van der Waals surface area contributed by atoms with Gasteiger partial charge in [0.05, 0.1) is 6.10 Å². The number of hydrogen-bond acceptors (Lipinski definition) is 1. The Kier molecular flexibility index (Phi) is 10.4. The number of unbranched alkanes of at least 4 members (excludes halogenated alkanes) is 5. The molecule has 0 saturated heterocycles. The van der Waals surface area contributed by atoms with Gasteiger partial charge in [-0.15, -0.1) is 0 Å². The molecule has 2 rings (SSSR count). The van der Waals surface area contributed by atoms with Crippen LogP contribution in [0.3, 0.4) is 0 Å². The van der Waals surface area contributed by atoms with Crippen molar-refractivity contribution in [3.63, 3.8) is 0 Å². The van der Waals surface area contributed by atoms with E-state index in [2.05, 4.69) is 13.8 Å². The van der Waals surface area contributed by atoms with Gasteiger partial charge in [0, 0.05) is 6.61 Å². The summed E-state index contributed by atoms with van der Waals surface area (Å²) in [7, 11) is 0. The summed E-state index contributed by atoms with van der Waals surface area (Å²) in [5, 5.41) is 0. The maximum Gasteiger partial charge on any atom is 0.0575 e. The summed E-state index contributed by atoms with van der Waals surface area (Å²) in [5.74, 6) is 3.15. The van der Waals surface area contributed by atoms with Crippen molar-refractivity contribution in [2.75, 3.05) is 6.61 Å². The van der Waals surface area contributed by atoms with Crippen LogP contribution < -0.4 is 0 Å². The summed E-state index contributed by atoms with van der Waals surface area (Å²) in [5.41, 5.74) is 0. The Balaban J connectivity index is 1.54. The molecule has 0 unspecified atom stereocenters. The first-order valence-corrected chi connectivity index (χ1v) is 11.4. The molecule has 2 aliphatic carbocycles. The Labute approximate surface area is 152 Å². The molecule has 2 fully saturated rings. The van der Waals surface area contributed by atoms with Crippen LogP contribution >= 0.6 is 0 Å². The molecule has 2 aliphatic rings. The predicted octanol–water partition coefficient (Wildman–Crippen LogP) is 7.53. The molecular weight excluding hydrogens is 292 g/mol. The van der Waals surface area contributed by atoms with E-state index in [0.29, 0.717) is 6.10 Å². The van der Waals surface area contributed by atoms with Crippen molar-refractivity contribution in [1.29, 1.82) is 0 Å². The van der Waals surface area contributed by atoms with Crippen LogP contribution in [0.15, 0.2) is 0 Å². The van der Waals surface area contributed by atoms with E-state index in [4.69, 9.17) is 4.74 Å². The first-order chi connectivity index (χ1) is 11.8. The van der Waals surface area contributed by atoms with Crippen LogP contribution in [0.25, 0.3) is 0 Å². The van der Waals surface area contributed by atoms with Crippen molar-refractivity contribution in [3.8, 4) is 0 Å². The van der Waals surface area contributed by atoms with E-state index in [9.17, 15) is 0 Å². The minimum absolute atomic E-state index is 0.591. The number of rotatable bonds is 11. The third-order valence-corrected chi connectivity index (χ3v) is 6.84. The summed E-state index contributed by atoms with van der Waals surface area (Å²) in [6, 6.07) is 0. The first-order valence-electron chi connectivity index (χ1n) is 11.4. The second-order valence-corrected chi connectivity index (χ2v) is 8.74. The standard InChI is InChI=1S/C23H44O/c1-3-5-7-8-10-20-11-13-21(14-12-20)22-15-17-23(18-16-22)24-19-9-6-4-2/h20-23H,3-19H2,1-2H3/t20-,21-,22-,23-. The Morgan fingerprint density at radius 3 is 1.83 bits per heavy atom. The molecule has 0 amide bonds. The van der Waals surface area contributed by atoms with E-state index in [1.54, 1.807) is 0 Å². The van der Waals surface area contributed by atoms with Gasteiger partial charge in [0.25, 0.3) is 0 Å². The fraction of sp³-hybridized carbons (Fsp3) is 1.00. The predicted molar refractivity (Wildman–Crippen MR) is 105 cm³/mol. The third kappa shape index (κ3) is 7.46. The second kappa shape index (κ2) is 12.3. The molecule has 0 N–H and O–H groups in total. The van der Waals surface area contributed by atoms with Crippen LogP contribution in [0, 0.1) is 17.8 Å². The second-order valence-electron chi connectivity index (χ2n) is 8.74. The lowest BCUT2D eigenvalue weighted by Crippen LogP contribution is -2.28. The fourth-order valence-corrected chi connectivity index (χ4v) is 5.14. The van der Waals surface area contributed by atoms with Gasteiger partial charge in [-0.1, -0.05) is 71.6 Å². The highest BCUT2D eigenvalue weighted by Crippen LogP contribution is 2.41. The molecule has 142 valence electrons. The summed E-state index contributed by atoms with van der Waals surface area (Å²) < 4.78 is 6.10. The van der Waals surface area contributed by atoms with Gasteiger partial charge >= 0.3 is 0 Å². The molecule has 0 aliphatic heterocycles. The lowest BCUT2D eigenvalue weighted by Gasteiger charge is -2.38. The molecule has 1 heteroatoms. The van der Waals surface area contributed by atoms with Gasteiger partial charge in [-0.25, -0.2) is 0 Å². The molecule has 0 aromatic carbocycles. The topological polar surface area (TPSA) is 9.23 Å². The number of ether oxygens (including phenoxy) is 1. The van der Waals surface area contributed by atoms with E-state index >= 15 is 0 Å². The molecule has 0 aromatic rings. The van der Waals surface area contributed by atoms with Gasteiger partial charge in [0.2, 0.25) is 0 Å². The van der Waals surface area contributed by atoms with Gasteiger partial charge in [-0.3, -0.25) is 0 Å². The van der Waals surface area contributed by atoms with E-state index in [1.165, 1.54) is 103 Å². The van der Waals surface area contributed by atoms with Crippen molar-refractivity contribution >= 4 is 0 Å². The van der Waals surface area contributed by atoms with E-state index < -0.39 is 0 Å². The van der Waals surface area contributed by atoms with Crippen LogP contribution in [-0.4, -0.2) is 12.7 Å². The van der Waals surface area contributed by atoms with Crippen molar-refractivity contribution in [2.45, 2.75) is 123 Å². The van der Waals surface area contributed by atoms with Crippen LogP contribution in [0.4, 0.5) is 0 Å². The summed E-state index contributed by atoms with van der Waals surface area (Å²) >= 11 is 0. The minimum Gasteiger partial charge on any atom is -0.378 e. The van der Waals surface area contributed by atoms with E-state index in [1.807, 2.05) is 0 Å². The van der Waals surface area contributed by atoms with Gasteiger partial charge in [-0.05, 0) is 62.7 Å². The van der Waals surface area contributed by atoms with Crippen LogP contribution in [0.5, 0.6) is 0 Å². The van der Waals surface area contributed by atoms with Crippen molar-refractivity contribution < 1.29 is 4.74 Å². The molecule has 0 aromatic heterocycles. The van der Waals surface area contributed by atoms with Crippen molar-refractivity contribution in [1.82, 2.24) is 0 Å². The summed E-state index contributed by atoms with van der Waals surface area (Å²) in [6.45, 7) is 5.59. The SMILES string of the molecule is CCCCCC[C@H]1CC[C@H]([C@H]2CC[C@H](OCCCCC)CC2)CC1. The highest BCUT2D eigenvalue weighted by atomic mass is 16.5. The highest BCUT2D eigenvalue weighted by molar-refractivity contribution is 4.82. The molecule has 0 spiro atoms. The Morgan fingerprint density at radius 1 is 0.625 bits per heavy atom. The zero-order chi connectivity index (χ0) is 17.0. The third-order valence-electron chi connectivity index (χ3n) is 6.84. The quantitative estimate of drug-likeness (QED) is 0.354. The molecule has 0 radical (unpaired) electrons. The lowest BCUT2D eigenvalue weighted by molar-refractivity contribution is 0.00538. The molecule has 0 bridgehead atoms. The summed E-state index contributed by atoms with van der Waals surface area (Å²) in [4.78, 5) is 0. The molecule has 0 heterocycles. The fourth-order valence-electron chi connectivity index (χ4n) is 5.14. The molecule has 1 nitrogen and oxygen atoms in total. The van der Waals surface area contributed by atoms with Crippen LogP contribution in [0.1, 0.15) is 117 Å². The normalized spacial score (nSPS) is 31.2. The largest absolute Gasteiger partial charge is 0.378 e. The van der Waals surface area contributed by atoms with Crippen molar-refractivity contribution in [3.05, 3.63) is 0 Å². The Morgan fingerprint density at radius 2 is 1.21 bits per heavy atom. The summed E-state index contributed by atoms with van der Waals surface area (Å²) in [6.07, 6.45) is 23.5. The molecular formula is C23H44O. The van der Waals surface area contributed by atoms with Gasteiger partial charge in [0.15, 0.2) is 0 Å². The van der Waals surface area contributed by atoms with Gasteiger partial charge in [0.1, 0.15) is 0 Å². The number of hydrogen-bond donors (Lipinski definition) is 0. The molecule has 24 heavy (non-hydrogen) atoms. The van der Waals surface area contributed by atoms with Crippen molar-refractivity contribution in [2.24, 2.45) is 17.8 Å². The zero-order valence-corrected chi connectivity index (χ0v) is 16.7.